The number of halogens is 1. The fourth-order valence-corrected chi connectivity index (χ4v) is 4.84. The van der Waals surface area contributed by atoms with E-state index in [1.807, 2.05) is 11.3 Å². The summed E-state index contributed by atoms with van der Waals surface area (Å²) >= 11 is 1.87. The standard InChI is InChI=1S/C16H17NO2S.BrH/c1-8-4-10-7-17-12-3-2-9-5-13(18)14(19)6-11(9)15(12)16(10)20-8;/h4-6,12,15,17-19H,2-3,7H2,1H3;1H/t12-,15-;/m0./s1. The highest BCUT2D eigenvalue weighted by Gasteiger charge is 2.36. The highest BCUT2D eigenvalue weighted by atomic mass is 79.9. The first-order valence-electron chi connectivity index (χ1n) is 7.01. The summed E-state index contributed by atoms with van der Waals surface area (Å²) in [5, 5.41) is 23.2. The van der Waals surface area contributed by atoms with Gasteiger partial charge in [-0.25, -0.2) is 0 Å². The van der Waals surface area contributed by atoms with E-state index in [4.69, 9.17) is 0 Å². The minimum atomic E-state index is -0.00944. The van der Waals surface area contributed by atoms with Gasteiger partial charge in [0.25, 0.3) is 0 Å². The number of phenols is 2. The lowest BCUT2D eigenvalue weighted by Crippen LogP contribution is -2.41. The Morgan fingerprint density at radius 2 is 1.90 bits per heavy atom. The van der Waals surface area contributed by atoms with Crippen LogP contribution in [0.25, 0.3) is 0 Å². The van der Waals surface area contributed by atoms with Gasteiger partial charge >= 0.3 is 0 Å². The summed E-state index contributed by atoms with van der Waals surface area (Å²) < 4.78 is 0. The lowest BCUT2D eigenvalue weighted by atomic mass is 9.75. The van der Waals surface area contributed by atoms with Crippen LogP contribution in [-0.2, 0) is 13.0 Å². The Bertz CT molecular complexity index is 698. The summed E-state index contributed by atoms with van der Waals surface area (Å²) in [6.07, 6.45) is 2.04. The van der Waals surface area contributed by atoms with Gasteiger partial charge in [-0.1, -0.05) is 0 Å². The van der Waals surface area contributed by atoms with Gasteiger partial charge in [0.05, 0.1) is 0 Å². The molecule has 3 nitrogen and oxygen atoms in total. The third-order valence-corrected chi connectivity index (χ3v) is 5.68. The molecule has 2 aromatic rings. The maximum Gasteiger partial charge on any atom is 0.157 e. The van der Waals surface area contributed by atoms with Gasteiger partial charge in [-0.15, -0.1) is 28.3 Å². The van der Waals surface area contributed by atoms with E-state index < -0.39 is 0 Å². The molecule has 0 saturated carbocycles. The Balaban J connectivity index is 0.00000132. The summed E-state index contributed by atoms with van der Waals surface area (Å²) in [5.74, 6) is 0.297. The first kappa shape index (κ1) is 14.9. The molecule has 21 heavy (non-hydrogen) atoms. The van der Waals surface area contributed by atoms with Crippen molar-refractivity contribution in [1.82, 2.24) is 5.32 Å². The van der Waals surface area contributed by atoms with E-state index in [9.17, 15) is 10.2 Å². The monoisotopic (exact) mass is 367 g/mol. The Morgan fingerprint density at radius 3 is 2.71 bits per heavy atom. The van der Waals surface area contributed by atoms with Crippen molar-refractivity contribution in [3.05, 3.63) is 44.6 Å². The second kappa shape index (κ2) is 5.30. The summed E-state index contributed by atoms with van der Waals surface area (Å²) in [5.41, 5.74) is 3.73. The van der Waals surface area contributed by atoms with Crippen molar-refractivity contribution < 1.29 is 10.2 Å². The van der Waals surface area contributed by atoms with Gasteiger partial charge in [0.1, 0.15) is 0 Å². The molecule has 0 saturated heterocycles. The molecule has 4 rings (SSSR count). The van der Waals surface area contributed by atoms with E-state index >= 15 is 0 Å². The Labute approximate surface area is 138 Å². The van der Waals surface area contributed by atoms with Gasteiger partial charge in [0, 0.05) is 28.3 Å². The largest absolute Gasteiger partial charge is 0.504 e. The number of thiophene rings is 1. The minimum Gasteiger partial charge on any atom is -0.504 e. The van der Waals surface area contributed by atoms with Crippen LogP contribution in [-0.4, -0.2) is 16.3 Å². The number of hydrogen-bond acceptors (Lipinski definition) is 4. The van der Waals surface area contributed by atoms with Crippen LogP contribution < -0.4 is 5.32 Å². The van der Waals surface area contributed by atoms with Gasteiger partial charge in [0.15, 0.2) is 11.5 Å². The average Bonchev–Trinajstić information content (AvgIpc) is 2.80. The number of benzene rings is 1. The molecule has 2 heterocycles. The lowest BCUT2D eigenvalue weighted by Gasteiger charge is -2.38. The van der Waals surface area contributed by atoms with Gasteiger partial charge in [-0.05, 0) is 54.7 Å². The summed E-state index contributed by atoms with van der Waals surface area (Å²) in [4.78, 5) is 2.77. The number of fused-ring (bicyclic) bond motifs is 5. The Hall–Kier alpha value is -1.04. The maximum absolute atomic E-state index is 9.85. The van der Waals surface area contributed by atoms with E-state index in [1.54, 1.807) is 12.1 Å². The second-order valence-corrected chi connectivity index (χ2v) is 7.08. The molecule has 5 heteroatoms. The minimum absolute atomic E-state index is 0. The maximum atomic E-state index is 9.85. The van der Waals surface area contributed by atoms with Crippen LogP contribution in [0.2, 0.25) is 0 Å². The predicted molar refractivity (Wildman–Crippen MR) is 89.9 cm³/mol. The van der Waals surface area contributed by atoms with E-state index in [1.165, 1.54) is 26.4 Å². The Morgan fingerprint density at radius 1 is 1.14 bits per heavy atom. The van der Waals surface area contributed by atoms with Gasteiger partial charge < -0.3 is 15.5 Å². The van der Waals surface area contributed by atoms with E-state index in [0.717, 1.165) is 19.4 Å². The van der Waals surface area contributed by atoms with Crippen LogP contribution >= 0.6 is 28.3 Å². The molecule has 0 amide bonds. The molecule has 0 bridgehead atoms. The fourth-order valence-electron chi connectivity index (χ4n) is 3.61. The molecule has 112 valence electrons. The molecule has 2 aliphatic rings. The topological polar surface area (TPSA) is 52.5 Å². The normalized spacial score (nSPS) is 22.7. The van der Waals surface area contributed by atoms with Crippen LogP contribution in [0, 0.1) is 6.92 Å². The third-order valence-electron chi connectivity index (χ3n) is 4.50. The summed E-state index contributed by atoms with van der Waals surface area (Å²) in [6, 6.07) is 6.19. The number of aromatic hydroxyl groups is 2. The quantitative estimate of drug-likeness (QED) is 0.623. The van der Waals surface area contributed by atoms with Crippen molar-refractivity contribution in [3.63, 3.8) is 0 Å². The number of phenolic OH excluding ortho intramolecular Hbond substituents is 2. The molecule has 0 radical (unpaired) electrons. The van der Waals surface area contributed by atoms with Crippen LogP contribution in [0.5, 0.6) is 11.5 Å². The molecule has 1 aliphatic carbocycles. The first-order valence-corrected chi connectivity index (χ1v) is 7.82. The number of rotatable bonds is 0. The fraction of sp³-hybridized carbons (Fsp3) is 0.375. The lowest BCUT2D eigenvalue weighted by molar-refractivity contribution is 0.383. The van der Waals surface area contributed by atoms with Crippen molar-refractivity contribution in [3.8, 4) is 11.5 Å². The zero-order valence-electron chi connectivity index (χ0n) is 11.7. The van der Waals surface area contributed by atoms with Crippen LogP contribution in [0.1, 0.15) is 38.8 Å². The highest BCUT2D eigenvalue weighted by molar-refractivity contribution is 8.93. The SMILES string of the molecule is Br.Cc1cc2c(s1)[C@H]1c3cc(O)c(O)cc3CC[C@@H]1NC2. The second-order valence-electron chi connectivity index (χ2n) is 5.79. The molecule has 2 atom stereocenters. The molecule has 1 aromatic carbocycles. The molecule has 0 spiro atoms. The zero-order valence-corrected chi connectivity index (χ0v) is 14.2. The smallest absolute Gasteiger partial charge is 0.157 e. The van der Waals surface area contributed by atoms with Gasteiger partial charge in [-0.2, -0.15) is 0 Å². The van der Waals surface area contributed by atoms with Crippen molar-refractivity contribution in [2.45, 2.75) is 38.3 Å². The van der Waals surface area contributed by atoms with Crippen LogP contribution in [0.4, 0.5) is 0 Å². The molecule has 1 aromatic heterocycles. The van der Waals surface area contributed by atoms with Crippen molar-refractivity contribution in [1.29, 1.82) is 0 Å². The third kappa shape index (κ3) is 2.28. The average molecular weight is 368 g/mol. The molecule has 1 aliphatic heterocycles. The summed E-state index contributed by atoms with van der Waals surface area (Å²) in [6.45, 7) is 3.09. The zero-order chi connectivity index (χ0) is 13.9. The van der Waals surface area contributed by atoms with E-state index in [-0.39, 0.29) is 28.5 Å². The number of nitrogens with one attached hydrogen (secondary N) is 1. The molecular weight excluding hydrogens is 350 g/mol. The van der Waals surface area contributed by atoms with Gasteiger partial charge in [0.2, 0.25) is 0 Å². The first-order chi connectivity index (χ1) is 9.63. The van der Waals surface area contributed by atoms with Crippen molar-refractivity contribution in [2.75, 3.05) is 0 Å². The molecule has 0 unspecified atom stereocenters. The molecule has 0 fully saturated rings. The molecule has 3 N–H and O–H groups in total. The van der Waals surface area contributed by atoms with E-state index in [2.05, 4.69) is 18.3 Å². The number of aryl methyl sites for hydroxylation is 2. The van der Waals surface area contributed by atoms with Crippen molar-refractivity contribution >= 4 is 28.3 Å². The number of hydrogen-bond donors (Lipinski definition) is 3. The Kier molecular flexibility index (Phi) is 3.76. The predicted octanol–water partition coefficient (Wildman–Crippen LogP) is 3.60. The van der Waals surface area contributed by atoms with Crippen LogP contribution in [0.15, 0.2) is 18.2 Å². The van der Waals surface area contributed by atoms with E-state index in [0.29, 0.717) is 12.0 Å². The highest BCUT2D eigenvalue weighted by Crippen LogP contribution is 2.46. The van der Waals surface area contributed by atoms with Crippen molar-refractivity contribution in [2.24, 2.45) is 0 Å². The summed E-state index contributed by atoms with van der Waals surface area (Å²) in [7, 11) is 0. The van der Waals surface area contributed by atoms with Gasteiger partial charge in [-0.3, -0.25) is 0 Å². The van der Waals surface area contributed by atoms with Crippen LogP contribution in [0.3, 0.4) is 0 Å². The molecular formula is C16H18BrNO2S.